The lowest BCUT2D eigenvalue weighted by Crippen LogP contribution is -2.12. The van der Waals surface area contributed by atoms with Crippen molar-refractivity contribution in [1.82, 2.24) is 19.6 Å². The summed E-state index contributed by atoms with van der Waals surface area (Å²) in [7, 11) is 0. The minimum absolute atomic E-state index is 0.176. The van der Waals surface area contributed by atoms with E-state index in [1.807, 2.05) is 23.7 Å². The molecule has 24 heavy (non-hydrogen) atoms. The van der Waals surface area contributed by atoms with Gasteiger partial charge in [-0.1, -0.05) is 30.6 Å². The van der Waals surface area contributed by atoms with Crippen molar-refractivity contribution in [2.24, 2.45) is 0 Å². The van der Waals surface area contributed by atoms with Gasteiger partial charge in [0.25, 0.3) is 5.91 Å². The number of aryl methyl sites for hydroxylation is 1. The molecule has 3 aromatic heterocycles. The number of pyridine rings is 1. The number of hydrogen-bond acceptors (Lipinski definition) is 5. The Morgan fingerprint density at radius 1 is 1.29 bits per heavy atom. The van der Waals surface area contributed by atoms with Gasteiger partial charge >= 0.3 is 0 Å². The fourth-order valence-corrected chi connectivity index (χ4v) is 4.13. The lowest BCUT2D eigenvalue weighted by atomic mass is 9.90. The number of carbonyl (C=O) groups excluding carboxylic acids is 1. The van der Waals surface area contributed by atoms with Gasteiger partial charge in [0.1, 0.15) is 10.7 Å². The number of amides is 1. The van der Waals surface area contributed by atoms with Crippen LogP contribution in [0.1, 0.15) is 59.1 Å². The van der Waals surface area contributed by atoms with Crippen molar-refractivity contribution in [1.29, 1.82) is 0 Å². The second-order valence-corrected chi connectivity index (χ2v) is 7.31. The summed E-state index contributed by atoms with van der Waals surface area (Å²) in [4.78, 5) is 16.8. The lowest BCUT2D eigenvalue weighted by molar-refractivity contribution is 0.102. The number of nitrogens with zero attached hydrogens (tertiary/aromatic N) is 4. The zero-order valence-corrected chi connectivity index (χ0v) is 14.3. The summed E-state index contributed by atoms with van der Waals surface area (Å²) in [6.07, 6.45) is 9.97. The van der Waals surface area contributed by atoms with Gasteiger partial charge in [0.15, 0.2) is 0 Å². The molecule has 1 fully saturated rings. The Hall–Kier alpha value is -2.28. The molecule has 1 aliphatic rings. The average Bonchev–Trinajstić information content (AvgIpc) is 3.20. The van der Waals surface area contributed by atoms with E-state index in [4.69, 9.17) is 0 Å². The summed E-state index contributed by atoms with van der Waals surface area (Å²) in [6.45, 7) is 1.93. The molecule has 0 unspecified atom stereocenters. The highest BCUT2D eigenvalue weighted by atomic mass is 32.1. The third kappa shape index (κ3) is 3.03. The summed E-state index contributed by atoms with van der Waals surface area (Å²) in [6, 6.07) is 3.57. The molecule has 0 spiro atoms. The van der Waals surface area contributed by atoms with E-state index in [0.717, 1.165) is 16.3 Å². The predicted molar refractivity (Wildman–Crippen MR) is 93.6 cm³/mol. The molecule has 3 heterocycles. The molecule has 0 bridgehead atoms. The molecule has 0 aliphatic heterocycles. The number of nitrogens with one attached hydrogen (secondary N) is 1. The Kier molecular flexibility index (Phi) is 4.02. The Morgan fingerprint density at radius 3 is 2.96 bits per heavy atom. The zero-order valence-electron chi connectivity index (χ0n) is 13.5. The molecule has 1 aliphatic carbocycles. The molecular weight excluding hydrogens is 322 g/mol. The molecule has 0 atom stereocenters. The van der Waals surface area contributed by atoms with Crippen molar-refractivity contribution >= 4 is 28.0 Å². The molecular formula is C17H19N5OS. The highest BCUT2D eigenvalue weighted by molar-refractivity contribution is 7.15. The highest BCUT2D eigenvalue weighted by Crippen LogP contribution is 2.35. The van der Waals surface area contributed by atoms with Gasteiger partial charge in [-0.2, -0.15) is 0 Å². The summed E-state index contributed by atoms with van der Waals surface area (Å²) in [5.41, 5.74) is 2.26. The van der Waals surface area contributed by atoms with Gasteiger partial charge < -0.3 is 4.40 Å². The van der Waals surface area contributed by atoms with E-state index in [1.165, 1.54) is 43.4 Å². The number of anilines is 1. The molecule has 0 saturated heterocycles. The van der Waals surface area contributed by atoms with Gasteiger partial charge in [-0.15, -0.1) is 10.2 Å². The normalized spacial score (nSPS) is 15.7. The van der Waals surface area contributed by atoms with Crippen LogP contribution in [0.4, 0.5) is 5.13 Å². The first-order valence-corrected chi connectivity index (χ1v) is 9.11. The fraction of sp³-hybridized carbons (Fsp3) is 0.412. The molecule has 0 aromatic carbocycles. The minimum Gasteiger partial charge on any atom is -0.307 e. The van der Waals surface area contributed by atoms with Crippen LogP contribution in [0.5, 0.6) is 0 Å². The number of carbonyl (C=O) groups is 1. The van der Waals surface area contributed by atoms with Crippen molar-refractivity contribution in [3.63, 3.8) is 0 Å². The molecule has 1 N–H and O–H groups in total. The number of aromatic nitrogens is 4. The van der Waals surface area contributed by atoms with Crippen LogP contribution in [-0.2, 0) is 0 Å². The molecule has 0 radical (unpaired) electrons. The van der Waals surface area contributed by atoms with Crippen LogP contribution in [0, 0.1) is 6.92 Å². The quantitative estimate of drug-likeness (QED) is 0.786. The largest absolute Gasteiger partial charge is 0.307 e. The Labute approximate surface area is 143 Å². The maximum atomic E-state index is 12.4. The van der Waals surface area contributed by atoms with Gasteiger partial charge in [0.05, 0.1) is 5.69 Å². The summed E-state index contributed by atoms with van der Waals surface area (Å²) in [5, 5.41) is 12.9. The van der Waals surface area contributed by atoms with Crippen LogP contribution in [0.15, 0.2) is 24.5 Å². The Morgan fingerprint density at radius 2 is 2.12 bits per heavy atom. The smallest absolute Gasteiger partial charge is 0.257 e. The number of imidazole rings is 1. The Balaban J connectivity index is 1.49. The molecule has 1 saturated carbocycles. The van der Waals surface area contributed by atoms with Crippen molar-refractivity contribution in [2.45, 2.75) is 44.9 Å². The van der Waals surface area contributed by atoms with Crippen molar-refractivity contribution in [3.05, 3.63) is 40.8 Å². The number of rotatable bonds is 3. The van der Waals surface area contributed by atoms with Crippen LogP contribution < -0.4 is 5.32 Å². The standard InChI is InChI=1S/C17H19N5OS/c1-11-10-22-8-7-13(9-14(22)18-11)15(23)19-17-21-20-16(24-17)12-5-3-2-4-6-12/h7-10,12H,2-6H2,1H3,(H,19,21,23). The molecule has 7 heteroatoms. The first-order chi connectivity index (χ1) is 11.7. The first kappa shape index (κ1) is 15.3. The van der Waals surface area contributed by atoms with Gasteiger partial charge in [0.2, 0.25) is 5.13 Å². The Bertz CT molecular complexity index is 878. The first-order valence-electron chi connectivity index (χ1n) is 8.29. The van der Waals surface area contributed by atoms with Crippen LogP contribution in [0.25, 0.3) is 5.65 Å². The van der Waals surface area contributed by atoms with Gasteiger partial charge in [-0.05, 0) is 31.9 Å². The van der Waals surface area contributed by atoms with E-state index in [2.05, 4.69) is 20.5 Å². The second-order valence-electron chi connectivity index (χ2n) is 6.30. The zero-order chi connectivity index (χ0) is 16.5. The average molecular weight is 341 g/mol. The molecule has 1 amide bonds. The maximum Gasteiger partial charge on any atom is 0.257 e. The van der Waals surface area contributed by atoms with Gasteiger partial charge in [-0.25, -0.2) is 4.98 Å². The van der Waals surface area contributed by atoms with E-state index in [1.54, 1.807) is 12.1 Å². The summed E-state index contributed by atoms with van der Waals surface area (Å²) >= 11 is 1.50. The van der Waals surface area contributed by atoms with E-state index in [-0.39, 0.29) is 5.91 Å². The molecule has 3 aromatic rings. The SMILES string of the molecule is Cc1cn2ccc(C(=O)Nc3nnc(C4CCCCC4)s3)cc2n1. The number of fused-ring (bicyclic) bond motifs is 1. The van der Waals surface area contributed by atoms with E-state index >= 15 is 0 Å². The van der Waals surface area contributed by atoms with Crippen LogP contribution in [-0.4, -0.2) is 25.5 Å². The molecule has 124 valence electrons. The van der Waals surface area contributed by atoms with Crippen LogP contribution in [0.2, 0.25) is 0 Å². The van der Waals surface area contributed by atoms with Crippen LogP contribution in [0.3, 0.4) is 0 Å². The topological polar surface area (TPSA) is 72.2 Å². The fourth-order valence-electron chi connectivity index (χ4n) is 3.22. The highest BCUT2D eigenvalue weighted by Gasteiger charge is 2.20. The van der Waals surface area contributed by atoms with Crippen molar-refractivity contribution < 1.29 is 4.79 Å². The van der Waals surface area contributed by atoms with Crippen molar-refractivity contribution in [2.75, 3.05) is 5.32 Å². The third-order valence-electron chi connectivity index (χ3n) is 4.46. The molecule has 4 rings (SSSR count). The van der Waals surface area contributed by atoms with E-state index in [0.29, 0.717) is 16.6 Å². The third-order valence-corrected chi connectivity index (χ3v) is 5.46. The second kappa shape index (κ2) is 6.32. The van der Waals surface area contributed by atoms with Crippen molar-refractivity contribution in [3.8, 4) is 0 Å². The maximum absolute atomic E-state index is 12.4. The van der Waals surface area contributed by atoms with E-state index in [9.17, 15) is 4.79 Å². The molecule has 6 nitrogen and oxygen atoms in total. The number of hydrogen-bond donors (Lipinski definition) is 1. The lowest BCUT2D eigenvalue weighted by Gasteiger charge is -2.18. The summed E-state index contributed by atoms with van der Waals surface area (Å²) < 4.78 is 1.90. The van der Waals surface area contributed by atoms with E-state index < -0.39 is 0 Å². The van der Waals surface area contributed by atoms with Gasteiger partial charge in [0, 0.05) is 23.9 Å². The predicted octanol–water partition coefficient (Wildman–Crippen LogP) is 3.79. The van der Waals surface area contributed by atoms with Gasteiger partial charge in [-0.3, -0.25) is 10.1 Å². The van der Waals surface area contributed by atoms with Crippen LogP contribution >= 0.6 is 11.3 Å². The minimum atomic E-state index is -0.176. The monoisotopic (exact) mass is 341 g/mol. The summed E-state index contributed by atoms with van der Waals surface area (Å²) in [5.74, 6) is 0.329.